The van der Waals surface area contributed by atoms with Gasteiger partial charge >= 0.3 is 0 Å². The molecular weight excluding hydrogens is 373 g/mol. The highest BCUT2D eigenvalue weighted by Crippen LogP contribution is 2.31. The minimum absolute atomic E-state index is 0.259. The van der Waals surface area contributed by atoms with Gasteiger partial charge in [-0.05, 0) is 48.9 Å². The number of methoxy groups -OCH3 is 1. The minimum atomic E-state index is -0.392. The van der Waals surface area contributed by atoms with Crippen LogP contribution < -0.4 is 14.8 Å². The van der Waals surface area contributed by atoms with E-state index in [0.717, 1.165) is 5.56 Å². The van der Waals surface area contributed by atoms with Crippen molar-refractivity contribution in [1.82, 2.24) is 9.97 Å². The van der Waals surface area contributed by atoms with Crippen LogP contribution in [0, 0.1) is 12.7 Å². The fourth-order valence-corrected chi connectivity index (χ4v) is 2.93. The fourth-order valence-electron chi connectivity index (χ4n) is 2.93. The molecule has 0 fully saturated rings. The smallest absolute Gasteiger partial charge is 0.272 e. The number of nitrogens with zero attached hydrogens (tertiary/aromatic N) is 1. The molecule has 0 aliphatic carbocycles. The number of ether oxygens (including phenoxy) is 2. The Kier molecular flexibility index (Phi) is 4.87. The summed E-state index contributed by atoms with van der Waals surface area (Å²) in [7, 11) is 1.57. The van der Waals surface area contributed by atoms with E-state index in [1.807, 2.05) is 19.1 Å². The van der Waals surface area contributed by atoms with E-state index in [9.17, 15) is 9.18 Å². The standard InChI is InChI=1S/C22H18FN3O3/c1-13-6-8-19(20(10-13)28-2)29-21-9-7-14(12-24-21)25-22(27)18-11-15-16(23)4-3-5-17(15)26-18/h3-12,26H,1-2H3,(H,25,27). The van der Waals surface area contributed by atoms with Crippen LogP contribution in [-0.4, -0.2) is 23.0 Å². The number of hydrogen-bond donors (Lipinski definition) is 2. The predicted octanol–water partition coefficient (Wildman–Crippen LogP) is 5.06. The molecule has 146 valence electrons. The number of carbonyl (C=O) groups is 1. The van der Waals surface area contributed by atoms with Gasteiger partial charge in [-0.15, -0.1) is 0 Å². The molecule has 2 aromatic carbocycles. The van der Waals surface area contributed by atoms with Gasteiger partial charge in [0.25, 0.3) is 5.91 Å². The van der Waals surface area contributed by atoms with Crippen molar-refractivity contribution in [2.24, 2.45) is 0 Å². The first-order valence-corrected chi connectivity index (χ1v) is 8.90. The zero-order valence-corrected chi connectivity index (χ0v) is 15.8. The zero-order chi connectivity index (χ0) is 20.4. The van der Waals surface area contributed by atoms with Crippen LogP contribution in [0.1, 0.15) is 16.1 Å². The highest BCUT2D eigenvalue weighted by molar-refractivity contribution is 6.05. The van der Waals surface area contributed by atoms with Gasteiger partial charge in [-0.25, -0.2) is 9.37 Å². The summed E-state index contributed by atoms with van der Waals surface area (Å²) in [5.41, 5.74) is 2.35. The van der Waals surface area contributed by atoms with Crippen molar-refractivity contribution in [2.75, 3.05) is 12.4 Å². The summed E-state index contributed by atoms with van der Waals surface area (Å²) in [4.78, 5) is 19.6. The first-order chi connectivity index (χ1) is 14.0. The van der Waals surface area contributed by atoms with Crippen LogP contribution >= 0.6 is 0 Å². The monoisotopic (exact) mass is 391 g/mol. The van der Waals surface area contributed by atoms with Crippen molar-refractivity contribution in [3.05, 3.63) is 77.9 Å². The molecule has 6 nitrogen and oxygen atoms in total. The normalized spacial score (nSPS) is 10.7. The lowest BCUT2D eigenvalue weighted by Crippen LogP contribution is -2.12. The summed E-state index contributed by atoms with van der Waals surface area (Å²) in [6.45, 7) is 1.96. The van der Waals surface area contributed by atoms with Crippen LogP contribution in [0.25, 0.3) is 10.9 Å². The lowest BCUT2D eigenvalue weighted by molar-refractivity contribution is 0.102. The third-order valence-electron chi connectivity index (χ3n) is 4.38. The number of H-pyrrole nitrogens is 1. The minimum Gasteiger partial charge on any atom is -0.493 e. The van der Waals surface area contributed by atoms with Crippen molar-refractivity contribution in [3.8, 4) is 17.4 Å². The summed E-state index contributed by atoms with van der Waals surface area (Å²) in [5.74, 6) is 0.735. The average Bonchev–Trinajstić information content (AvgIpc) is 3.17. The molecule has 4 rings (SSSR count). The number of aromatic nitrogens is 2. The maximum atomic E-state index is 13.8. The van der Waals surface area contributed by atoms with E-state index in [2.05, 4.69) is 15.3 Å². The molecule has 0 aliphatic heterocycles. The second kappa shape index (κ2) is 7.63. The van der Waals surface area contributed by atoms with Gasteiger partial charge in [-0.1, -0.05) is 12.1 Å². The molecule has 0 saturated heterocycles. The first-order valence-electron chi connectivity index (χ1n) is 8.90. The Hall–Kier alpha value is -3.87. The second-order valence-electron chi connectivity index (χ2n) is 6.48. The van der Waals surface area contributed by atoms with Crippen molar-refractivity contribution >= 4 is 22.5 Å². The molecule has 2 N–H and O–H groups in total. The third kappa shape index (κ3) is 3.89. The number of nitrogens with one attached hydrogen (secondary N) is 2. The van der Waals surface area contributed by atoms with Gasteiger partial charge in [0.2, 0.25) is 5.88 Å². The third-order valence-corrected chi connectivity index (χ3v) is 4.38. The van der Waals surface area contributed by atoms with E-state index in [0.29, 0.717) is 34.0 Å². The van der Waals surface area contributed by atoms with Crippen molar-refractivity contribution in [3.63, 3.8) is 0 Å². The molecule has 0 aliphatic rings. The molecule has 1 amide bonds. The van der Waals surface area contributed by atoms with Gasteiger partial charge in [0.1, 0.15) is 11.5 Å². The number of amides is 1. The van der Waals surface area contributed by atoms with E-state index in [4.69, 9.17) is 9.47 Å². The van der Waals surface area contributed by atoms with E-state index in [1.54, 1.807) is 37.4 Å². The SMILES string of the molecule is COc1cc(C)ccc1Oc1ccc(NC(=O)c2cc3c(F)cccc3[nH]2)cn1. The number of hydrogen-bond acceptors (Lipinski definition) is 4. The molecule has 0 radical (unpaired) electrons. The van der Waals surface area contributed by atoms with Gasteiger partial charge < -0.3 is 19.8 Å². The number of fused-ring (bicyclic) bond motifs is 1. The largest absolute Gasteiger partial charge is 0.493 e. The Balaban J connectivity index is 1.48. The summed E-state index contributed by atoms with van der Waals surface area (Å²) in [6, 6.07) is 15.0. The molecular formula is C22H18FN3O3. The lowest BCUT2D eigenvalue weighted by atomic mass is 10.2. The van der Waals surface area contributed by atoms with Crippen molar-refractivity contribution in [2.45, 2.75) is 6.92 Å². The molecule has 2 heterocycles. The van der Waals surface area contributed by atoms with E-state index >= 15 is 0 Å². The average molecular weight is 391 g/mol. The van der Waals surface area contributed by atoms with Crippen LogP contribution in [-0.2, 0) is 0 Å². The predicted molar refractivity (Wildman–Crippen MR) is 108 cm³/mol. The van der Waals surface area contributed by atoms with Crippen LogP contribution in [0.5, 0.6) is 17.4 Å². The Morgan fingerprint density at radius 1 is 1.10 bits per heavy atom. The quantitative estimate of drug-likeness (QED) is 0.498. The Labute approximate surface area is 166 Å². The molecule has 29 heavy (non-hydrogen) atoms. The maximum Gasteiger partial charge on any atom is 0.272 e. The van der Waals surface area contributed by atoms with Crippen LogP contribution in [0.15, 0.2) is 60.8 Å². The lowest BCUT2D eigenvalue weighted by Gasteiger charge is -2.10. The molecule has 0 saturated carbocycles. The fraction of sp³-hybridized carbons (Fsp3) is 0.0909. The zero-order valence-electron chi connectivity index (χ0n) is 15.8. The van der Waals surface area contributed by atoms with E-state index < -0.39 is 5.91 Å². The molecule has 0 atom stereocenters. The molecule has 0 spiro atoms. The number of rotatable bonds is 5. The Bertz CT molecular complexity index is 1190. The Morgan fingerprint density at radius 3 is 2.69 bits per heavy atom. The van der Waals surface area contributed by atoms with Crippen molar-refractivity contribution < 1.29 is 18.7 Å². The number of pyridine rings is 1. The first kappa shape index (κ1) is 18.5. The number of aryl methyl sites for hydroxylation is 1. The molecule has 2 aromatic heterocycles. The topological polar surface area (TPSA) is 76.2 Å². The Morgan fingerprint density at radius 2 is 1.97 bits per heavy atom. The van der Waals surface area contributed by atoms with Crippen LogP contribution in [0.3, 0.4) is 0 Å². The molecule has 7 heteroatoms. The number of carbonyl (C=O) groups excluding carboxylic acids is 1. The van der Waals surface area contributed by atoms with Gasteiger partial charge in [-0.3, -0.25) is 4.79 Å². The van der Waals surface area contributed by atoms with Gasteiger partial charge in [-0.2, -0.15) is 0 Å². The number of halogens is 1. The van der Waals surface area contributed by atoms with Crippen LogP contribution in [0.2, 0.25) is 0 Å². The highest BCUT2D eigenvalue weighted by atomic mass is 19.1. The summed E-state index contributed by atoms with van der Waals surface area (Å²) in [5, 5.41) is 3.09. The van der Waals surface area contributed by atoms with E-state index in [-0.39, 0.29) is 11.5 Å². The van der Waals surface area contributed by atoms with Gasteiger partial charge in [0.15, 0.2) is 11.5 Å². The number of aromatic amines is 1. The molecule has 4 aromatic rings. The summed E-state index contributed by atoms with van der Waals surface area (Å²) < 4.78 is 24.9. The summed E-state index contributed by atoms with van der Waals surface area (Å²) >= 11 is 0. The highest BCUT2D eigenvalue weighted by Gasteiger charge is 2.13. The van der Waals surface area contributed by atoms with Gasteiger partial charge in [0, 0.05) is 17.0 Å². The van der Waals surface area contributed by atoms with Crippen molar-refractivity contribution in [1.29, 1.82) is 0 Å². The number of benzene rings is 2. The van der Waals surface area contributed by atoms with Crippen LogP contribution in [0.4, 0.5) is 10.1 Å². The molecule has 0 unspecified atom stereocenters. The second-order valence-corrected chi connectivity index (χ2v) is 6.48. The van der Waals surface area contributed by atoms with Gasteiger partial charge in [0.05, 0.1) is 19.0 Å². The molecule has 0 bridgehead atoms. The number of anilines is 1. The summed E-state index contributed by atoms with van der Waals surface area (Å²) in [6.07, 6.45) is 1.48. The maximum absolute atomic E-state index is 13.8. The van der Waals surface area contributed by atoms with E-state index in [1.165, 1.54) is 18.3 Å².